The molecule has 0 aliphatic carbocycles. The maximum atomic E-state index is 5.40. The topological polar surface area (TPSA) is 58.3 Å². The molecule has 1 aliphatic rings. The zero-order chi connectivity index (χ0) is 16.2. The molecule has 0 aromatic carbocycles. The number of nitrogens with zero attached hydrogens (tertiary/aromatic N) is 5. The molecule has 24 heavy (non-hydrogen) atoms. The largest absolute Gasteiger partial charge is 0.338 e. The minimum atomic E-state index is 0.690. The summed E-state index contributed by atoms with van der Waals surface area (Å²) < 4.78 is 5.40. The molecule has 0 radical (unpaired) electrons. The van der Waals surface area contributed by atoms with E-state index in [1.54, 1.807) is 11.3 Å². The Morgan fingerprint density at radius 1 is 1.04 bits per heavy atom. The van der Waals surface area contributed by atoms with Crippen LogP contribution >= 0.6 is 11.3 Å². The van der Waals surface area contributed by atoms with Crippen LogP contribution in [0.15, 0.2) is 46.6 Å². The van der Waals surface area contributed by atoms with Crippen molar-refractivity contribution in [1.29, 1.82) is 0 Å². The van der Waals surface area contributed by atoms with Crippen molar-refractivity contribution in [2.24, 2.45) is 0 Å². The third-order valence-corrected chi connectivity index (χ3v) is 5.03. The zero-order valence-corrected chi connectivity index (χ0v) is 14.2. The predicted octanol–water partition coefficient (Wildman–Crippen LogP) is 2.51. The summed E-state index contributed by atoms with van der Waals surface area (Å²) in [6.45, 7) is 5.79. The lowest BCUT2D eigenvalue weighted by molar-refractivity contribution is 0.112. The average Bonchev–Trinajstić information content (AvgIpc) is 3.29. The van der Waals surface area contributed by atoms with Crippen LogP contribution in [0.1, 0.15) is 11.5 Å². The molecule has 0 spiro atoms. The fraction of sp³-hybridized carbons (Fsp3) is 0.353. The summed E-state index contributed by atoms with van der Waals surface area (Å²) in [5.41, 5.74) is 1.27. The first-order valence-electron chi connectivity index (χ1n) is 8.07. The maximum absolute atomic E-state index is 5.40. The smallest absolute Gasteiger partial charge is 0.241 e. The molecule has 0 bridgehead atoms. The van der Waals surface area contributed by atoms with Gasteiger partial charge in [-0.3, -0.25) is 14.8 Å². The summed E-state index contributed by atoms with van der Waals surface area (Å²) in [6, 6.07) is 8.13. The molecule has 0 atom stereocenters. The molecule has 7 heteroatoms. The van der Waals surface area contributed by atoms with Gasteiger partial charge in [0.25, 0.3) is 0 Å². The van der Waals surface area contributed by atoms with E-state index in [0.717, 1.165) is 44.1 Å². The van der Waals surface area contributed by atoms with Gasteiger partial charge in [-0.15, -0.1) is 11.3 Å². The van der Waals surface area contributed by atoms with Gasteiger partial charge in [-0.1, -0.05) is 17.3 Å². The first-order chi connectivity index (χ1) is 11.9. The van der Waals surface area contributed by atoms with Gasteiger partial charge in [0.05, 0.1) is 11.4 Å². The standard InChI is InChI=1S/C17H19N5OS/c1-3-14(11-18-5-1)12-21-6-8-22(9-7-21)13-16-19-17(20-23-16)15-4-2-10-24-15/h1-5,10-11H,6-9,12-13H2. The molecule has 3 aromatic rings. The van der Waals surface area contributed by atoms with Gasteiger partial charge >= 0.3 is 0 Å². The van der Waals surface area contributed by atoms with Crippen molar-refractivity contribution in [3.8, 4) is 10.7 Å². The molecule has 1 fully saturated rings. The van der Waals surface area contributed by atoms with Gasteiger partial charge in [-0.05, 0) is 23.1 Å². The van der Waals surface area contributed by atoms with E-state index in [-0.39, 0.29) is 0 Å². The average molecular weight is 341 g/mol. The van der Waals surface area contributed by atoms with Crippen molar-refractivity contribution >= 4 is 11.3 Å². The molecule has 4 heterocycles. The van der Waals surface area contributed by atoms with E-state index in [0.29, 0.717) is 11.7 Å². The molecule has 1 aliphatic heterocycles. The van der Waals surface area contributed by atoms with Gasteiger partial charge in [-0.25, -0.2) is 0 Å². The van der Waals surface area contributed by atoms with Crippen LogP contribution in [-0.4, -0.2) is 51.1 Å². The van der Waals surface area contributed by atoms with Crippen LogP contribution in [0.5, 0.6) is 0 Å². The normalized spacial score (nSPS) is 16.5. The Balaban J connectivity index is 1.29. The summed E-state index contributed by atoms with van der Waals surface area (Å²) >= 11 is 1.63. The molecule has 0 N–H and O–H groups in total. The van der Waals surface area contributed by atoms with E-state index < -0.39 is 0 Å². The number of pyridine rings is 1. The first-order valence-corrected chi connectivity index (χ1v) is 8.95. The lowest BCUT2D eigenvalue weighted by Crippen LogP contribution is -2.45. The third-order valence-electron chi connectivity index (χ3n) is 4.16. The van der Waals surface area contributed by atoms with E-state index in [2.05, 4.69) is 31.0 Å². The molecule has 4 rings (SSSR count). The number of hydrogen-bond donors (Lipinski definition) is 0. The minimum absolute atomic E-state index is 0.690. The molecule has 124 valence electrons. The monoisotopic (exact) mass is 341 g/mol. The Labute approximate surface area is 144 Å². The van der Waals surface area contributed by atoms with Crippen LogP contribution in [0.25, 0.3) is 10.7 Å². The van der Waals surface area contributed by atoms with Gasteiger partial charge in [0.15, 0.2) is 0 Å². The summed E-state index contributed by atoms with van der Waals surface area (Å²) in [5, 5.41) is 6.10. The van der Waals surface area contributed by atoms with Crippen molar-refractivity contribution in [1.82, 2.24) is 24.9 Å². The molecule has 3 aromatic heterocycles. The second-order valence-electron chi connectivity index (χ2n) is 5.90. The Kier molecular flexibility index (Phi) is 4.64. The van der Waals surface area contributed by atoms with Gasteiger partial charge in [0.2, 0.25) is 11.7 Å². The van der Waals surface area contributed by atoms with Crippen LogP contribution in [0.4, 0.5) is 0 Å². The van der Waals surface area contributed by atoms with E-state index in [1.807, 2.05) is 36.0 Å². The summed E-state index contributed by atoms with van der Waals surface area (Å²) in [7, 11) is 0. The summed E-state index contributed by atoms with van der Waals surface area (Å²) in [5.74, 6) is 1.38. The van der Waals surface area contributed by atoms with Crippen LogP contribution < -0.4 is 0 Å². The third kappa shape index (κ3) is 3.69. The lowest BCUT2D eigenvalue weighted by atomic mass is 10.2. The number of hydrogen-bond acceptors (Lipinski definition) is 7. The number of rotatable bonds is 5. The Morgan fingerprint density at radius 2 is 1.88 bits per heavy atom. The van der Waals surface area contributed by atoms with E-state index in [1.165, 1.54) is 5.56 Å². The molecule has 0 saturated carbocycles. The molecule has 1 saturated heterocycles. The second kappa shape index (κ2) is 7.21. The van der Waals surface area contributed by atoms with Crippen molar-refractivity contribution < 1.29 is 4.52 Å². The highest BCUT2D eigenvalue weighted by atomic mass is 32.1. The minimum Gasteiger partial charge on any atom is -0.338 e. The number of thiophene rings is 1. The highest BCUT2D eigenvalue weighted by molar-refractivity contribution is 7.13. The van der Waals surface area contributed by atoms with Crippen molar-refractivity contribution in [3.05, 3.63) is 53.5 Å². The van der Waals surface area contributed by atoms with E-state index in [4.69, 9.17) is 4.52 Å². The van der Waals surface area contributed by atoms with Crippen LogP contribution in [0.3, 0.4) is 0 Å². The Morgan fingerprint density at radius 3 is 2.58 bits per heavy atom. The van der Waals surface area contributed by atoms with Crippen molar-refractivity contribution in [2.75, 3.05) is 26.2 Å². The summed E-state index contributed by atoms with van der Waals surface area (Å²) in [4.78, 5) is 14.6. The van der Waals surface area contributed by atoms with Crippen LogP contribution in [0, 0.1) is 0 Å². The predicted molar refractivity (Wildman–Crippen MR) is 92.4 cm³/mol. The molecular weight excluding hydrogens is 322 g/mol. The van der Waals surface area contributed by atoms with Crippen molar-refractivity contribution in [3.63, 3.8) is 0 Å². The molecule has 0 amide bonds. The zero-order valence-electron chi connectivity index (χ0n) is 13.3. The van der Waals surface area contributed by atoms with Gasteiger partial charge in [0.1, 0.15) is 0 Å². The molecule has 6 nitrogen and oxygen atoms in total. The first kappa shape index (κ1) is 15.4. The fourth-order valence-corrected chi connectivity index (χ4v) is 3.52. The van der Waals surface area contributed by atoms with Crippen LogP contribution in [0.2, 0.25) is 0 Å². The number of aromatic nitrogens is 3. The molecule has 0 unspecified atom stereocenters. The number of piperazine rings is 1. The highest BCUT2D eigenvalue weighted by Crippen LogP contribution is 2.21. The van der Waals surface area contributed by atoms with Crippen LogP contribution in [-0.2, 0) is 13.1 Å². The SMILES string of the molecule is c1cncc(CN2CCN(Cc3nc(-c4cccs4)no3)CC2)c1. The molecular formula is C17H19N5OS. The Bertz CT molecular complexity index is 750. The van der Waals surface area contributed by atoms with Crippen molar-refractivity contribution in [2.45, 2.75) is 13.1 Å². The quantitative estimate of drug-likeness (QED) is 0.711. The van der Waals surface area contributed by atoms with Gasteiger partial charge < -0.3 is 4.52 Å². The second-order valence-corrected chi connectivity index (χ2v) is 6.85. The highest BCUT2D eigenvalue weighted by Gasteiger charge is 2.19. The van der Waals surface area contributed by atoms with Gasteiger partial charge in [-0.2, -0.15) is 4.98 Å². The lowest BCUT2D eigenvalue weighted by Gasteiger charge is -2.33. The van der Waals surface area contributed by atoms with E-state index in [9.17, 15) is 0 Å². The maximum Gasteiger partial charge on any atom is 0.241 e. The summed E-state index contributed by atoms with van der Waals surface area (Å²) in [6.07, 6.45) is 3.76. The van der Waals surface area contributed by atoms with Gasteiger partial charge in [0, 0.05) is 45.1 Å². The fourth-order valence-electron chi connectivity index (χ4n) is 2.87. The Hall–Kier alpha value is -2.09. The van der Waals surface area contributed by atoms with E-state index >= 15 is 0 Å².